The number of hydrogen-bond donors (Lipinski definition) is 4. The molecule has 2 amide bonds. The van der Waals surface area contributed by atoms with Crippen molar-refractivity contribution in [3.05, 3.63) is 58.5 Å². The average Bonchev–Trinajstić information content (AvgIpc) is 3.02. The number of aliphatic hydroxyl groups is 1. The number of nitrogens with one attached hydrogen (secondary N) is 3. The van der Waals surface area contributed by atoms with Crippen LogP contribution in [0.3, 0.4) is 0 Å². The highest BCUT2D eigenvalue weighted by molar-refractivity contribution is 6.24. The Morgan fingerprint density at radius 1 is 1.15 bits per heavy atom. The molecule has 1 heterocycles. The number of amides is 2. The molecule has 6 atom stereocenters. The number of unbranched alkanes of at least 4 members (excludes halogenated alkanes) is 1. The molecular weight excluding hydrogens is 598 g/mol. The first kappa shape index (κ1) is 38.3. The molecule has 1 aliphatic carbocycles. The molecule has 0 saturated carbocycles. The van der Waals surface area contributed by atoms with Gasteiger partial charge in [0.1, 0.15) is 0 Å². The van der Waals surface area contributed by atoms with E-state index < -0.39 is 53.8 Å². The molecule has 2 aliphatic rings. The summed E-state index contributed by atoms with van der Waals surface area (Å²) in [5, 5.41) is 16.3. The minimum atomic E-state index is -0.988. The number of carbonyl (C=O) groups is 5. The van der Waals surface area contributed by atoms with Crippen molar-refractivity contribution in [1.82, 2.24) is 16.1 Å². The van der Waals surface area contributed by atoms with Gasteiger partial charge >= 0.3 is 12.6 Å². The number of alkyl carbamates (subject to hydrolysis) is 1. The summed E-state index contributed by atoms with van der Waals surface area (Å²) in [6.07, 6.45) is 6.02. The molecule has 13 nitrogen and oxygen atoms in total. The lowest BCUT2D eigenvalue weighted by molar-refractivity contribution is -0.138. The van der Waals surface area contributed by atoms with E-state index in [1.54, 1.807) is 26.0 Å². The van der Waals surface area contributed by atoms with E-state index in [0.717, 1.165) is 12.5 Å². The standard InChI is InChI=1S/C33H47N3O10/c1-8-9-13-45-33(42)35-29-23-14-19(2)15-27(44-7)30(39)22(5)16-21(4)28(36-46-18-37)26(43-6)12-10-11-20(3)32(41)34-24(31(23)40)17-25(29)38/h10-12,16-19,22,26-28,30,36,39H,8-9,13-15H2,1-7H3,(H,34,41)(H,35,42)/b12-10-,20-11+,21-16+/t19-,22+,26+,27+,28+,30-/m1/s1. The summed E-state index contributed by atoms with van der Waals surface area (Å²) in [4.78, 5) is 68.3. The fourth-order valence-corrected chi connectivity index (χ4v) is 5.18. The van der Waals surface area contributed by atoms with Gasteiger partial charge in [0, 0.05) is 37.4 Å². The van der Waals surface area contributed by atoms with E-state index in [-0.39, 0.29) is 54.4 Å². The van der Waals surface area contributed by atoms with Crippen LogP contribution in [0.1, 0.15) is 60.3 Å². The maximum atomic E-state index is 13.7. The third-order valence-electron chi connectivity index (χ3n) is 7.82. The second-order valence-corrected chi connectivity index (χ2v) is 11.5. The van der Waals surface area contributed by atoms with Crippen molar-refractivity contribution < 1.29 is 48.1 Å². The molecule has 1 aliphatic heterocycles. The quantitative estimate of drug-likeness (QED) is 0.0953. The molecule has 0 aromatic rings. The van der Waals surface area contributed by atoms with Crippen molar-refractivity contribution >= 4 is 30.0 Å². The van der Waals surface area contributed by atoms with Crippen LogP contribution < -0.4 is 16.1 Å². The van der Waals surface area contributed by atoms with Gasteiger partial charge in [-0.2, -0.15) is 0 Å². The van der Waals surface area contributed by atoms with Crippen molar-refractivity contribution in [3.8, 4) is 0 Å². The van der Waals surface area contributed by atoms with Crippen molar-refractivity contribution in [3.63, 3.8) is 0 Å². The van der Waals surface area contributed by atoms with Gasteiger partial charge in [0.25, 0.3) is 5.91 Å². The van der Waals surface area contributed by atoms with E-state index in [2.05, 4.69) is 16.1 Å². The topological polar surface area (TPSA) is 179 Å². The smallest absolute Gasteiger partial charge is 0.411 e. The maximum absolute atomic E-state index is 13.7. The van der Waals surface area contributed by atoms with Crippen LogP contribution in [0.15, 0.2) is 58.5 Å². The summed E-state index contributed by atoms with van der Waals surface area (Å²) in [6.45, 7) is 9.28. The second-order valence-electron chi connectivity index (χ2n) is 11.5. The highest BCUT2D eigenvalue weighted by atomic mass is 16.7. The summed E-state index contributed by atoms with van der Waals surface area (Å²) in [5.74, 6) is -2.69. The van der Waals surface area contributed by atoms with Crippen LogP contribution in [0.4, 0.5) is 4.79 Å². The number of allylic oxidation sites excluding steroid dienone is 4. The minimum Gasteiger partial charge on any atom is -0.449 e. The van der Waals surface area contributed by atoms with Crippen LogP contribution in [0.2, 0.25) is 0 Å². The Labute approximate surface area is 270 Å². The number of methoxy groups -OCH3 is 2. The van der Waals surface area contributed by atoms with E-state index in [1.807, 2.05) is 19.9 Å². The van der Waals surface area contributed by atoms with Gasteiger partial charge in [0.15, 0.2) is 0 Å². The van der Waals surface area contributed by atoms with Crippen LogP contribution in [0.5, 0.6) is 0 Å². The van der Waals surface area contributed by atoms with Gasteiger partial charge in [0.05, 0.1) is 42.4 Å². The van der Waals surface area contributed by atoms with E-state index in [9.17, 15) is 29.1 Å². The van der Waals surface area contributed by atoms with Gasteiger partial charge in [0.2, 0.25) is 11.6 Å². The summed E-state index contributed by atoms with van der Waals surface area (Å²) in [7, 11) is 2.93. The molecule has 4 N–H and O–H groups in total. The van der Waals surface area contributed by atoms with Gasteiger partial charge in [-0.1, -0.05) is 57.1 Å². The molecule has 2 rings (SSSR count). The van der Waals surface area contributed by atoms with Crippen molar-refractivity contribution in [2.75, 3.05) is 20.8 Å². The van der Waals surface area contributed by atoms with Gasteiger partial charge in [-0.05, 0) is 39.0 Å². The number of fused-ring (bicyclic) bond motifs is 2. The molecule has 13 heteroatoms. The minimum absolute atomic E-state index is 0.00217. The molecule has 254 valence electrons. The first-order chi connectivity index (χ1) is 21.9. The Balaban J connectivity index is 2.59. The van der Waals surface area contributed by atoms with Gasteiger partial charge in [-0.15, -0.1) is 5.48 Å². The van der Waals surface area contributed by atoms with E-state index in [4.69, 9.17) is 19.0 Å². The van der Waals surface area contributed by atoms with E-state index >= 15 is 0 Å². The van der Waals surface area contributed by atoms with Crippen LogP contribution in [-0.2, 0) is 38.2 Å². The Bertz CT molecular complexity index is 1280. The van der Waals surface area contributed by atoms with Gasteiger partial charge in [-0.3, -0.25) is 24.5 Å². The monoisotopic (exact) mass is 645 g/mol. The normalized spacial score (nSPS) is 29.8. The number of hydroxylamine groups is 1. The Hall–Kier alpha value is -3.91. The number of hydrogen-bond acceptors (Lipinski definition) is 11. The van der Waals surface area contributed by atoms with Gasteiger partial charge < -0.3 is 29.5 Å². The zero-order valence-electron chi connectivity index (χ0n) is 27.6. The second kappa shape index (κ2) is 18.9. The lowest BCUT2D eigenvalue weighted by Crippen LogP contribution is -2.41. The third-order valence-corrected chi connectivity index (χ3v) is 7.82. The molecule has 0 spiro atoms. The van der Waals surface area contributed by atoms with Crippen LogP contribution in [-0.4, -0.2) is 80.3 Å². The predicted molar refractivity (Wildman–Crippen MR) is 169 cm³/mol. The first-order valence-corrected chi connectivity index (χ1v) is 15.3. The lowest BCUT2D eigenvalue weighted by Gasteiger charge is -2.30. The number of ketones is 2. The average molecular weight is 646 g/mol. The summed E-state index contributed by atoms with van der Waals surface area (Å²) in [6, 6.07) is -0.648. The summed E-state index contributed by atoms with van der Waals surface area (Å²) in [5.41, 5.74) is 3.11. The first-order valence-electron chi connectivity index (χ1n) is 15.3. The summed E-state index contributed by atoms with van der Waals surface area (Å²) < 4.78 is 16.4. The zero-order chi connectivity index (χ0) is 34.4. The molecule has 0 aromatic heterocycles. The van der Waals surface area contributed by atoms with Crippen LogP contribution in [0, 0.1) is 11.8 Å². The molecule has 46 heavy (non-hydrogen) atoms. The highest BCUT2D eigenvalue weighted by Crippen LogP contribution is 2.28. The Morgan fingerprint density at radius 2 is 1.87 bits per heavy atom. The highest BCUT2D eigenvalue weighted by Gasteiger charge is 2.34. The molecule has 0 radical (unpaired) electrons. The zero-order valence-corrected chi connectivity index (χ0v) is 27.6. The Morgan fingerprint density at radius 3 is 2.50 bits per heavy atom. The van der Waals surface area contributed by atoms with Crippen molar-refractivity contribution in [1.29, 1.82) is 0 Å². The molecule has 0 unspecified atom stereocenters. The largest absolute Gasteiger partial charge is 0.449 e. The SMILES string of the molecule is CCCCOC(=O)NC1=C2C[C@@H](C)C[C@H](OC)[C@H](O)[C@@H](C)/C=C(\C)[C@H](NOC=O)[C@@H](OC)/C=C\C=C(/C)C(=O)NC(=CC1=O)C2=O. The fourth-order valence-electron chi connectivity index (χ4n) is 5.18. The summed E-state index contributed by atoms with van der Waals surface area (Å²) >= 11 is 0. The number of aliphatic hydroxyl groups excluding tert-OH is 1. The van der Waals surface area contributed by atoms with Crippen molar-refractivity contribution in [2.45, 2.75) is 84.7 Å². The van der Waals surface area contributed by atoms with Crippen molar-refractivity contribution in [2.24, 2.45) is 11.8 Å². The molecule has 2 bridgehead atoms. The lowest BCUT2D eigenvalue weighted by atomic mass is 9.85. The number of rotatable bonds is 9. The Kier molecular flexibility index (Phi) is 15.7. The van der Waals surface area contributed by atoms with Crippen LogP contribution in [0.25, 0.3) is 0 Å². The molecule has 0 aromatic carbocycles. The third kappa shape index (κ3) is 10.9. The number of ether oxygens (including phenoxy) is 3. The molecular formula is C33H47N3O10. The van der Waals surface area contributed by atoms with Gasteiger partial charge in [-0.25, -0.2) is 4.79 Å². The number of Topliss-reactive ketones (excluding diaryl/α,β-unsaturated/α-hetero) is 1. The number of carbonyl (C=O) groups excluding carboxylic acids is 5. The maximum Gasteiger partial charge on any atom is 0.411 e. The molecule has 0 fully saturated rings. The van der Waals surface area contributed by atoms with E-state index in [1.165, 1.54) is 27.2 Å². The fraction of sp³-hybridized carbons (Fsp3) is 0.545. The predicted octanol–water partition coefficient (Wildman–Crippen LogP) is 2.87. The van der Waals surface area contributed by atoms with E-state index in [0.29, 0.717) is 12.0 Å². The van der Waals surface area contributed by atoms with Crippen LogP contribution >= 0.6 is 0 Å². The molecule has 0 saturated heterocycles.